The van der Waals surface area contributed by atoms with Crippen LogP contribution in [0.25, 0.3) is 0 Å². The summed E-state index contributed by atoms with van der Waals surface area (Å²) in [6.45, 7) is 10.4. The third-order valence-corrected chi connectivity index (χ3v) is 3.70. The number of carbonyl (C=O) groups excluding carboxylic acids is 3. The highest BCUT2D eigenvalue weighted by Gasteiger charge is 2.22. The minimum absolute atomic E-state index is 0.0528. The summed E-state index contributed by atoms with van der Waals surface area (Å²) in [5.74, 6) is -0.363. The molecule has 0 saturated carbocycles. The van der Waals surface area contributed by atoms with Crippen molar-refractivity contribution in [1.82, 2.24) is 10.3 Å². The SMILES string of the molecule is COC(=O)C(O)COc1ccc(C=NN(CCNC(=O)OC(C)(C)C)C(=O)OC(C)(C)C)cc1. The first kappa shape index (κ1) is 28.7. The smallest absolute Gasteiger partial charge is 0.430 e. The van der Waals surface area contributed by atoms with Crippen LogP contribution in [0.2, 0.25) is 0 Å². The van der Waals surface area contributed by atoms with Gasteiger partial charge < -0.3 is 29.4 Å². The molecule has 1 aromatic carbocycles. The molecule has 0 radical (unpaired) electrons. The number of ether oxygens (including phenoxy) is 4. The van der Waals surface area contributed by atoms with Crippen molar-refractivity contribution in [1.29, 1.82) is 0 Å². The van der Waals surface area contributed by atoms with Gasteiger partial charge in [0.2, 0.25) is 0 Å². The fraction of sp³-hybridized carbons (Fsp3) is 0.565. The lowest BCUT2D eigenvalue weighted by molar-refractivity contribution is -0.151. The molecule has 0 heterocycles. The van der Waals surface area contributed by atoms with Crippen LogP contribution in [0.1, 0.15) is 47.1 Å². The van der Waals surface area contributed by atoms with E-state index in [0.717, 1.165) is 5.01 Å². The Labute approximate surface area is 200 Å². The number of methoxy groups -OCH3 is 1. The second kappa shape index (κ2) is 12.8. The second-order valence-electron chi connectivity index (χ2n) is 9.20. The zero-order valence-corrected chi connectivity index (χ0v) is 20.8. The van der Waals surface area contributed by atoms with E-state index in [-0.39, 0.29) is 19.7 Å². The van der Waals surface area contributed by atoms with Crippen LogP contribution in [0.3, 0.4) is 0 Å². The number of alkyl carbamates (subject to hydrolysis) is 1. The predicted octanol–water partition coefficient (Wildman–Crippen LogP) is 2.69. The molecule has 11 nitrogen and oxygen atoms in total. The quantitative estimate of drug-likeness (QED) is 0.238. The first-order chi connectivity index (χ1) is 15.7. The zero-order chi connectivity index (χ0) is 25.9. The van der Waals surface area contributed by atoms with E-state index in [4.69, 9.17) is 14.2 Å². The molecule has 0 fully saturated rings. The third-order valence-electron chi connectivity index (χ3n) is 3.70. The van der Waals surface area contributed by atoms with Gasteiger partial charge in [-0.05, 0) is 71.4 Å². The number of aliphatic hydroxyl groups excluding tert-OH is 1. The number of nitrogens with zero attached hydrogens (tertiary/aromatic N) is 2. The van der Waals surface area contributed by atoms with Crippen LogP contribution >= 0.6 is 0 Å². The number of esters is 1. The van der Waals surface area contributed by atoms with Crippen molar-refractivity contribution in [3.63, 3.8) is 0 Å². The Morgan fingerprint density at radius 1 is 1.06 bits per heavy atom. The molecule has 190 valence electrons. The molecule has 1 aromatic rings. The molecule has 2 N–H and O–H groups in total. The molecule has 11 heteroatoms. The molecule has 0 bridgehead atoms. The predicted molar refractivity (Wildman–Crippen MR) is 125 cm³/mol. The van der Waals surface area contributed by atoms with E-state index in [1.54, 1.807) is 65.8 Å². The van der Waals surface area contributed by atoms with Crippen LogP contribution in [0.4, 0.5) is 9.59 Å². The Kier molecular flexibility index (Phi) is 10.8. The fourth-order valence-electron chi connectivity index (χ4n) is 2.25. The maximum absolute atomic E-state index is 12.5. The summed E-state index contributed by atoms with van der Waals surface area (Å²) >= 11 is 0. The molecule has 0 aromatic heterocycles. The monoisotopic (exact) mass is 481 g/mol. The van der Waals surface area contributed by atoms with Gasteiger partial charge in [0.25, 0.3) is 0 Å². The number of benzene rings is 1. The van der Waals surface area contributed by atoms with Crippen LogP contribution in [-0.2, 0) is 19.0 Å². The van der Waals surface area contributed by atoms with Crippen LogP contribution in [0, 0.1) is 0 Å². The highest BCUT2D eigenvalue weighted by Crippen LogP contribution is 2.13. The maximum Gasteiger partial charge on any atom is 0.430 e. The van der Waals surface area contributed by atoms with E-state index in [1.165, 1.54) is 13.3 Å². The molecule has 0 aliphatic rings. The lowest BCUT2D eigenvalue weighted by atomic mass is 10.2. The van der Waals surface area contributed by atoms with Crippen molar-refractivity contribution >= 4 is 24.4 Å². The minimum Gasteiger partial charge on any atom is -0.490 e. The molecule has 0 spiro atoms. The molecule has 0 aliphatic carbocycles. The van der Waals surface area contributed by atoms with Crippen LogP contribution in [0.15, 0.2) is 29.4 Å². The normalized spacial score (nSPS) is 12.6. The maximum atomic E-state index is 12.5. The first-order valence-corrected chi connectivity index (χ1v) is 10.7. The van der Waals surface area contributed by atoms with Gasteiger partial charge in [-0.2, -0.15) is 10.1 Å². The number of hydrogen-bond donors (Lipinski definition) is 2. The van der Waals surface area contributed by atoms with Crippen molar-refractivity contribution in [2.24, 2.45) is 5.10 Å². The van der Waals surface area contributed by atoms with Crippen molar-refractivity contribution < 1.29 is 38.4 Å². The highest BCUT2D eigenvalue weighted by atomic mass is 16.6. The topological polar surface area (TPSA) is 136 Å². The van der Waals surface area contributed by atoms with Gasteiger partial charge in [0, 0.05) is 6.54 Å². The van der Waals surface area contributed by atoms with Crippen LogP contribution < -0.4 is 10.1 Å². The zero-order valence-electron chi connectivity index (χ0n) is 20.8. The van der Waals surface area contributed by atoms with E-state index < -0.39 is 35.5 Å². The summed E-state index contributed by atoms with van der Waals surface area (Å²) in [4.78, 5) is 35.6. The Bertz CT molecular complexity index is 841. The summed E-state index contributed by atoms with van der Waals surface area (Å²) in [6, 6.07) is 6.59. The Hall–Kier alpha value is -3.34. The third kappa shape index (κ3) is 12.0. The molecule has 0 saturated heterocycles. The van der Waals surface area contributed by atoms with E-state index >= 15 is 0 Å². The van der Waals surface area contributed by atoms with E-state index in [2.05, 4.69) is 15.2 Å². The summed E-state index contributed by atoms with van der Waals surface area (Å²) in [6.07, 6.45) is -1.22. The number of amides is 2. The molecular weight excluding hydrogens is 446 g/mol. The standard InChI is InChI=1S/C23H35N3O8/c1-22(2,3)33-20(29)24-12-13-26(21(30)34-23(4,5)6)25-14-16-8-10-17(11-9-16)32-15-18(27)19(28)31-7/h8-11,14,18,27H,12-13,15H2,1-7H3,(H,24,29). The van der Waals surface area contributed by atoms with Crippen molar-refractivity contribution in [2.45, 2.75) is 58.8 Å². The van der Waals surface area contributed by atoms with E-state index in [1.807, 2.05) is 0 Å². The average Bonchev–Trinajstić information content (AvgIpc) is 2.71. The van der Waals surface area contributed by atoms with Gasteiger partial charge in [0.15, 0.2) is 6.10 Å². The molecule has 0 aliphatic heterocycles. The minimum atomic E-state index is -1.39. The summed E-state index contributed by atoms with van der Waals surface area (Å²) < 4.78 is 20.3. The number of rotatable bonds is 9. The number of carbonyl (C=O) groups is 3. The summed E-state index contributed by atoms with van der Waals surface area (Å²) in [5, 5.41) is 17.4. The van der Waals surface area contributed by atoms with Crippen molar-refractivity contribution in [3.05, 3.63) is 29.8 Å². The van der Waals surface area contributed by atoms with Crippen molar-refractivity contribution in [3.8, 4) is 5.75 Å². The molecule has 2 amide bonds. The fourth-order valence-corrected chi connectivity index (χ4v) is 2.25. The van der Waals surface area contributed by atoms with Gasteiger partial charge in [0.1, 0.15) is 23.6 Å². The highest BCUT2D eigenvalue weighted by molar-refractivity contribution is 5.81. The first-order valence-electron chi connectivity index (χ1n) is 10.7. The number of hydrogen-bond acceptors (Lipinski definition) is 9. The Morgan fingerprint density at radius 3 is 2.18 bits per heavy atom. The Balaban J connectivity index is 2.77. The lowest BCUT2D eigenvalue weighted by Crippen LogP contribution is -2.40. The van der Waals surface area contributed by atoms with Gasteiger partial charge in [0.05, 0.1) is 19.9 Å². The summed E-state index contributed by atoms with van der Waals surface area (Å²) in [7, 11) is 1.17. The summed E-state index contributed by atoms with van der Waals surface area (Å²) in [5.41, 5.74) is -0.716. The molecule has 1 atom stereocenters. The van der Waals surface area contributed by atoms with Gasteiger partial charge in [-0.1, -0.05) is 0 Å². The van der Waals surface area contributed by atoms with Crippen LogP contribution in [-0.4, -0.2) is 78.6 Å². The number of hydrazone groups is 1. The van der Waals surface area contributed by atoms with Crippen LogP contribution in [0.5, 0.6) is 5.75 Å². The van der Waals surface area contributed by atoms with Gasteiger partial charge in [-0.15, -0.1) is 0 Å². The second-order valence-corrected chi connectivity index (χ2v) is 9.20. The molecule has 1 unspecified atom stereocenters. The van der Waals surface area contributed by atoms with Crippen molar-refractivity contribution in [2.75, 3.05) is 26.8 Å². The molecular formula is C23H35N3O8. The number of aliphatic hydroxyl groups is 1. The Morgan fingerprint density at radius 2 is 1.65 bits per heavy atom. The average molecular weight is 482 g/mol. The van der Waals surface area contributed by atoms with E-state index in [0.29, 0.717) is 11.3 Å². The lowest BCUT2D eigenvalue weighted by Gasteiger charge is -2.24. The van der Waals surface area contributed by atoms with Gasteiger partial charge in [-0.25, -0.2) is 14.4 Å². The number of nitrogens with one attached hydrogen (secondary N) is 1. The molecule has 34 heavy (non-hydrogen) atoms. The van der Waals surface area contributed by atoms with Gasteiger partial charge >= 0.3 is 18.2 Å². The van der Waals surface area contributed by atoms with Gasteiger partial charge in [-0.3, -0.25) is 0 Å². The largest absolute Gasteiger partial charge is 0.490 e. The molecule has 1 rings (SSSR count). The van der Waals surface area contributed by atoms with E-state index in [9.17, 15) is 19.5 Å².